The van der Waals surface area contributed by atoms with Crippen molar-refractivity contribution in [3.8, 4) is 0 Å². The Morgan fingerprint density at radius 3 is 2.90 bits per heavy atom. The first-order valence-electron chi connectivity index (χ1n) is 6.84. The summed E-state index contributed by atoms with van der Waals surface area (Å²) in [6.45, 7) is 2.39. The molecule has 2 atom stereocenters. The van der Waals surface area contributed by atoms with Crippen LogP contribution in [0.15, 0.2) is 28.5 Å². The molecule has 1 aromatic heterocycles. The van der Waals surface area contributed by atoms with Crippen molar-refractivity contribution in [1.82, 2.24) is 4.31 Å². The normalized spacial score (nSPS) is 24.5. The van der Waals surface area contributed by atoms with Crippen molar-refractivity contribution in [2.45, 2.75) is 36.7 Å². The summed E-state index contributed by atoms with van der Waals surface area (Å²) in [6, 6.07) is 5.37. The van der Waals surface area contributed by atoms with Gasteiger partial charge < -0.3 is 5.73 Å². The molecule has 0 radical (unpaired) electrons. The summed E-state index contributed by atoms with van der Waals surface area (Å²) in [7, 11) is -3.51. The first kappa shape index (κ1) is 15.2. The number of hydrogen-bond donors (Lipinski definition) is 1. The first-order chi connectivity index (χ1) is 9.89. The molecule has 1 fully saturated rings. The third kappa shape index (κ3) is 2.71. The van der Waals surface area contributed by atoms with Gasteiger partial charge in [0.2, 0.25) is 10.0 Å². The fourth-order valence-electron chi connectivity index (χ4n) is 2.85. The van der Waals surface area contributed by atoms with Gasteiger partial charge in [-0.1, -0.05) is 11.6 Å². The van der Waals surface area contributed by atoms with Gasteiger partial charge in [0.25, 0.3) is 0 Å². The maximum atomic E-state index is 12.9. The molecule has 0 saturated carbocycles. The minimum atomic E-state index is -3.51. The second-order valence-corrected chi connectivity index (χ2v) is 8.70. The highest BCUT2D eigenvalue weighted by Gasteiger charge is 2.34. The van der Waals surface area contributed by atoms with E-state index in [1.807, 2.05) is 13.0 Å². The molecule has 0 spiro atoms. The molecule has 1 saturated heterocycles. The average molecular weight is 345 g/mol. The van der Waals surface area contributed by atoms with Gasteiger partial charge in [-0.3, -0.25) is 0 Å². The number of rotatable bonds is 2. The predicted molar refractivity (Wildman–Crippen MR) is 87.4 cm³/mol. The van der Waals surface area contributed by atoms with Gasteiger partial charge >= 0.3 is 0 Å². The SMILES string of the molecule is C[C@@H]1C[C@H](N)CCN1S(=O)(=O)c1csc2ccc(Cl)cc12. The van der Waals surface area contributed by atoms with Crippen LogP contribution in [-0.2, 0) is 10.0 Å². The van der Waals surface area contributed by atoms with Crippen LogP contribution in [0, 0.1) is 0 Å². The number of fused-ring (bicyclic) bond motifs is 1. The maximum absolute atomic E-state index is 12.9. The largest absolute Gasteiger partial charge is 0.328 e. The second kappa shape index (κ2) is 5.52. The van der Waals surface area contributed by atoms with Crippen LogP contribution in [0.2, 0.25) is 5.02 Å². The standard InChI is InChI=1S/C14H17ClN2O2S2/c1-9-6-11(16)4-5-17(9)21(18,19)14-8-20-13-3-2-10(15)7-12(13)14/h2-3,7-9,11H,4-6,16H2,1H3/t9-,11-/m1/s1. The van der Waals surface area contributed by atoms with Crippen molar-refractivity contribution >= 4 is 43.0 Å². The molecule has 3 rings (SSSR count). The Labute approximate surface area is 133 Å². The summed E-state index contributed by atoms with van der Waals surface area (Å²) >= 11 is 7.44. The lowest BCUT2D eigenvalue weighted by Crippen LogP contribution is -2.48. The number of halogens is 1. The first-order valence-corrected chi connectivity index (χ1v) is 9.53. The molecule has 2 heterocycles. The van der Waals surface area contributed by atoms with E-state index in [9.17, 15) is 8.42 Å². The lowest BCUT2D eigenvalue weighted by molar-refractivity contribution is 0.247. The molecular weight excluding hydrogens is 328 g/mol. The van der Waals surface area contributed by atoms with Gasteiger partial charge in [0.05, 0.1) is 0 Å². The zero-order valence-corrected chi connectivity index (χ0v) is 14.0. The van der Waals surface area contributed by atoms with Crippen LogP contribution in [0.4, 0.5) is 0 Å². The van der Waals surface area contributed by atoms with E-state index in [0.717, 1.165) is 4.70 Å². The van der Waals surface area contributed by atoms with Crippen molar-refractivity contribution in [3.63, 3.8) is 0 Å². The zero-order valence-electron chi connectivity index (χ0n) is 11.6. The Morgan fingerprint density at radius 2 is 2.19 bits per heavy atom. The van der Waals surface area contributed by atoms with E-state index in [1.54, 1.807) is 21.8 Å². The molecular formula is C14H17ClN2O2S2. The van der Waals surface area contributed by atoms with E-state index in [1.165, 1.54) is 11.3 Å². The molecule has 2 N–H and O–H groups in total. The lowest BCUT2D eigenvalue weighted by atomic mass is 10.0. The summed E-state index contributed by atoms with van der Waals surface area (Å²) in [6.07, 6.45) is 1.40. The fraction of sp³-hybridized carbons (Fsp3) is 0.429. The summed E-state index contributed by atoms with van der Waals surface area (Å²) in [5.74, 6) is 0. The molecule has 114 valence electrons. The summed E-state index contributed by atoms with van der Waals surface area (Å²) in [4.78, 5) is 0.354. The molecule has 0 amide bonds. The van der Waals surface area contributed by atoms with Crippen LogP contribution in [0.25, 0.3) is 10.1 Å². The molecule has 1 aliphatic rings. The van der Waals surface area contributed by atoms with Crippen LogP contribution in [0.1, 0.15) is 19.8 Å². The number of nitrogens with two attached hydrogens (primary N) is 1. The predicted octanol–water partition coefficient (Wildman–Crippen LogP) is 3.06. The van der Waals surface area contributed by atoms with Crippen molar-refractivity contribution in [3.05, 3.63) is 28.6 Å². The molecule has 1 aromatic carbocycles. The minimum absolute atomic E-state index is 0.0760. The minimum Gasteiger partial charge on any atom is -0.328 e. The average Bonchev–Trinajstić information content (AvgIpc) is 2.81. The van der Waals surface area contributed by atoms with Crippen LogP contribution in [-0.4, -0.2) is 31.4 Å². The number of nitrogens with zero attached hydrogens (tertiary/aromatic N) is 1. The Hall–Kier alpha value is -0.660. The monoisotopic (exact) mass is 344 g/mol. The lowest BCUT2D eigenvalue weighted by Gasteiger charge is -2.35. The Morgan fingerprint density at radius 1 is 1.43 bits per heavy atom. The molecule has 0 bridgehead atoms. The van der Waals surface area contributed by atoms with Crippen LogP contribution in [0.5, 0.6) is 0 Å². The summed E-state index contributed by atoms with van der Waals surface area (Å²) in [5.41, 5.74) is 5.92. The molecule has 1 aliphatic heterocycles. The van der Waals surface area contributed by atoms with Gasteiger partial charge in [-0.15, -0.1) is 11.3 Å². The fourth-order valence-corrected chi connectivity index (χ4v) is 6.12. The van der Waals surface area contributed by atoms with Crippen LogP contribution >= 0.6 is 22.9 Å². The number of piperidine rings is 1. The topological polar surface area (TPSA) is 63.4 Å². The third-order valence-electron chi connectivity index (χ3n) is 3.94. The van der Waals surface area contributed by atoms with Crippen molar-refractivity contribution in [2.24, 2.45) is 5.73 Å². The number of hydrogen-bond acceptors (Lipinski definition) is 4. The van der Waals surface area contributed by atoms with Gasteiger partial charge in [0.1, 0.15) is 4.90 Å². The Kier molecular flexibility index (Phi) is 4.00. The van der Waals surface area contributed by atoms with E-state index in [4.69, 9.17) is 17.3 Å². The van der Waals surface area contributed by atoms with E-state index >= 15 is 0 Å². The van der Waals surface area contributed by atoms with E-state index in [2.05, 4.69) is 0 Å². The second-order valence-electron chi connectivity index (χ2n) is 5.49. The number of thiophene rings is 1. The van der Waals surface area contributed by atoms with Gasteiger partial charge in [0.15, 0.2) is 0 Å². The van der Waals surface area contributed by atoms with Crippen LogP contribution < -0.4 is 5.73 Å². The van der Waals surface area contributed by atoms with Gasteiger partial charge in [-0.25, -0.2) is 8.42 Å². The highest BCUT2D eigenvalue weighted by molar-refractivity contribution is 7.89. The molecule has 21 heavy (non-hydrogen) atoms. The number of sulfonamides is 1. The molecule has 0 unspecified atom stereocenters. The zero-order chi connectivity index (χ0) is 15.2. The van der Waals surface area contributed by atoms with Gasteiger partial charge in [-0.2, -0.15) is 4.31 Å². The Balaban J connectivity index is 2.06. The molecule has 0 aliphatic carbocycles. The Bertz CT molecular complexity index is 772. The third-order valence-corrected chi connectivity index (χ3v) is 7.34. The van der Waals surface area contributed by atoms with E-state index in [-0.39, 0.29) is 12.1 Å². The van der Waals surface area contributed by atoms with E-state index in [0.29, 0.717) is 34.7 Å². The highest BCUT2D eigenvalue weighted by atomic mass is 35.5. The molecule has 4 nitrogen and oxygen atoms in total. The smallest absolute Gasteiger partial charge is 0.244 e. The molecule has 2 aromatic rings. The number of benzene rings is 1. The van der Waals surface area contributed by atoms with Crippen molar-refractivity contribution < 1.29 is 8.42 Å². The van der Waals surface area contributed by atoms with Crippen LogP contribution in [0.3, 0.4) is 0 Å². The van der Waals surface area contributed by atoms with Gasteiger partial charge in [-0.05, 0) is 38.0 Å². The summed E-state index contributed by atoms with van der Waals surface area (Å²) < 4.78 is 28.4. The van der Waals surface area contributed by atoms with E-state index < -0.39 is 10.0 Å². The maximum Gasteiger partial charge on any atom is 0.244 e. The molecule has 7 heteroatoms. The summed E-state index contributed by atoms with van der Waals surface area (Å²) in [5, 5.41) is 2.96. The highest BCUT2D eigenvalue weighted by Crippen LogP contribution is 2.35. The van der Waals surface area contributed by atoms with Crippen molar-refractivity contribution in [1.29, 1.82) is 0 Å². The quantitative estimate of drug-likeness (QED) is 0.910. The van der Waals surface area contributed by atoms with Crippen molar-refractivity contribution in [2.75, 3.05) is 6.54 Å². The van der Waals surface area contributed by atoms with Gasteiger partial charge in [0, 0.05) is 39.1 Å².